The molecule has 0 radical (unpaired) electrons. The highest BCUT2D eigenvalue weighted by Crippen LogP contribution is 2.26. The number of aromatic nitrogens is 1. The Morgan fingerprint density at radius 1 is 1.14 bits per heavy atom. The van der Waals surface area contributed by atoms with Gasteiger partial charge in [-0.2, -0.15) is 0 Å². The van der Waals surface area contributed by atoms with Gasteiger partial charge < -0.3 is 25.0 Å². The molecule has 3 N–H and O–H groups in total. The predicted molar refractivity (Wildman–Crippen MR) is 129 cm³/mol. The number of benzene rings is 2. The summed E-state index contributed by atoms with van der Waals surface area (Å²) >= 11 is 5.99. The lowest BCUT2D eigenvalue weighted by molar-refractivity contribution is -0.139. The van der Waals surface area contributed by atoms with Crippen molar-refractivity contribution < 1.29 is 33.1 Å². The van der Waals surface area contributed by atoms with Crippen LogP contribution in [-0.4, -0.2) is 47.4 Å². The van der Waals surface area contributed by atoms with Crippen molar-refractivity contribution in [3.8, 4) is 11.1 Å². The quantitative estimate of drug-likeness (QED) is 0.366. The molecule has 0 saturated heterocycles. The number of carboxylic acid groups (broad SMARTS) is 1. The third kappa shape index (κ3) is 7.05. The highest BCUT2D eigenvalue weighted by Gasteiger charge is 2.27. The van der Waals surface area contributed by atoms with E-state index >= 15 is 0 Å². The van der Waals surface area contributed by atoms with Gasteiger partial charge in [-0.15, -0.1) is 0 Å². The van der Waals surface area contributed by atoms with Crippen LogP contribution in [0.3, 0.4) is 0 Å². The Labute approximate surface area is 211 Å². The number of aryl methyl sites for hydroxylation is 1. The molecule has 36 heavy (non-hydrogen) atoms. The van der Waals surface area contributed by atoms with Crippen LogP contribution < -0.4 is 10.6 Å². The Kier molecular flexibility index (Phi) is 9.02. The number of methoxy groups -OCH3 is 1. The number of hydrogen-bond donors (Lipinski definition) is 3. The number of rotatable bonds is 10. The molecule has 0 unspecified atom stereocenters. The van der Waals surface area contributed by atoms with Crippen molar-refractivity contribution in [2.24, 2.45) is 0 Å². The lowest BCUT2D eigenvalue weighted by Crippen LogP contribution is -2.47. The topological polar surface area (TPSA) is 131 Å². The first-order chi connectivity index (χ1) is 17.2. The Morgan fingerprint density at radius 3 is 2.47 bits per heavy atom. The second-order valence-electron chi connectivity index (χ2n) is 7.99. The molecule has 190 valence electrons. The van der Waals surface area contributed by atoms with Crippen LogP contribution in [0.2, 0.25) is 5.02 Å². The van der Waals surface area contributed by atoms with Crippen LogP contribution in [0.4, 0.5) is 9.18 Å². The third-order valence-corrected chi connectivity index (χ3v) is 5.69. The maximum atomic E-state index is 14.2. The summed E-state index contributed by atoms with van der Waals surface area (Å²) < 4.78 is 23.8. The fourth-order valence-corrected chi connectivity index (χ4v) is 3.74. The summed E-state index contributed by atoms with van der Waals surface area (Å²) in [6, 6.07) is 10.6. The zero-order chi connectivity index (χ0) is 26.2. The molecule has 0 spiro atoms. The Morgan fingerprint density at radius 2 is 1.86 bits per heavy atom. The van der Waals surface area contributed by atoms with Gasteiger partial charge in [-0.25, -0.2) is 14.0 Å². The number of amides is 2. The van der Waals surface area contributed by atoms with Crippen molar-refractivity contribution in [1.82, 2.24) is 15.8 Å². The van der Waals surface area contributed by atoms with E-state index in [2.05, 4.69) is 20.5 Å². The van der Waals surface area contributed by atoms with Crippen molar-refractivity contribution in [3.05, 3.63) is 76.4 Å². The standard InChI is InChI=1S/C25H25ClFN3O6/c1-3-17-13-22(36-30-17)23(31)28-18(12-21(24(32)33)29-25(34)35-2)10-14-4-6-15(7-5-14)19-11-16(26)8-9-20(19)27/h4-9,11,13,18,21H,3,10,12H2,1-2H3,(H,28,31)(H,29,34)(H,32,33)/t18-,21-/m1/s1. The SMILES string of the molecule is CCc1cc(C(=O)N[C@H](Cc2ccc(-c3cc(Cl)ccc3F)cc2)C[C@@H](NC(=O)OC)C(=O)O)on1. The van der Waals surface area contributed by atoms with Gasteiger partial charge in [-0.1, -0.05) is 47.9 Å². The van der Waals surface area contributed by atoms with E-state index in [1.165, 1.54) is 24.3 Å². The van der Waals surface area contributed by atoms with Crippen LogP contribution in [0.15, 0.2) is 53.1 Å². The molecular weight excluding hydrogens is 493 g/mol. The minimum Gasteiger partial charge on any atom is -0.480 e. The van der Waals surface area contributed by atoms with Crippen LogP contribution in [0.5, 0.6) is 0 Å². The molecule has 9 nitrogen and oxygen atoms in total. The molecule has 11 heteroatoms. The van der Waals surface area contributed by atoms with Crippen molar-refractivity contribution in [2.75, 3.05) is 7.11 Å². The van der Waals surface area contributed by atoms with E-state index in [-0.39, 0.29) is 18.6 Å². The summed E-state index contributed by atoms with van der Waals surface area (Å²) in [5.74, 6) is -2.31. The monoisotopic (exact) mass is 517 g/mol. The Hall–Kier alpha value is -3.92. The summed E-state index contributed by atoms with van der Waals surface area (Å²) in [5.41, 5.74) is 2.27. The maximum Gasteiger partial charge on any atom is 0.407 e. The molecule has 0 fully saturated rings. The lowest BCUT2D eigenvalue weighted by atomic mass is 9.97. The molecule has 2 amide bonds. The van der Waals surface area contributed by atoms with Crippen molar-refractivity contribution >= 4 is 29.6 Å². The lowest BCUT2D eigenvalue weighted by Gasteiger charge is -2.22. The van der Waals surface area contributed by atoms with Crippen LogP contribution in [0.1, 0.15) is 35.2 Å². The third-order valence-electron chi connectivity index (χ3n) is 5.45. The fourth-order valence-electron chi connectivity index (χ4n) is 3.57. The molecule has 2 atom stereocenters. The average Bonchev–Trinajstić information content (AvgIpc) is 3.35. The Balaban J connectivity index is 1.82. The van der Waals surface area contributed by atoms with Gasteiger partial charge in [0.25, 0.3) is 5.91 Å². The number of carbonyl (C=O) groups is 3. The van der Waals surface area contributed by atoms with E-state index in [9.17, 15) is 23.9 Å². The molecule has 0 saturated carbocycles. The van der Waals surface area contributed by atoms with Gasteiger partial charge in [0.1, 0.15) is 11.9 Å². The van der Waals surface area contributed by atoms with Crippen LogP contribution in [-0.2, 0) is 22.4 Å². The fraction of sp³-hybridized carbons (Fsp3) is 0.280. The van der Waals surface area contributed by atoms with Gasteiger partial charge in [0, 0.05) is 22.7 Å². The van der Waals surface area contributed by atoms with E-state index < -0.39 is 35.9 Å². The molecule has 3 aromatic rings. The normalized spacial score (nSPS) is 12.4. The number of hydrogen-bond acceptors (Lipinski definition) is 6. The molecule has 3 rings (SSSR count). The average molecular weight is 518 g/mol. The second-order valence-corrected chi connectivity index (χ2v) is 8.43. The summed E-state index contributed by atoms with van der Waals surface area (Å²) in [4.78, 5) is 36.1. The van der Waals surface area contributed by atoms with E-state index in [4.69, 9.17) is 16.1 Å². The number of ether oxygens (including phenoxy) is 1. The number of nitrogens with one attached hydrogen (secondary N) is 2. The van der Waals surface area contributed by atoms with Gasteiger partial charge in [0.05, 0.1) is 12.8 Å². The highest BCUT2D eigenvalue weighted by molar-refractivity contribution is 6.30. The summed E-state index contributed by atoms with van der Waals surface area (Å²) in [6.45, 7) is 1.86. The predicted octanol–water partition coefficient (Wildman–Crippen LogP) is 4.24. The minimum atomic E-state index is -1.33. The molecule has 2 aromatic carbocycles. The van der Waals surface area contributed by atoms with E-state index in [0.717, 1.165) is 12.7 Å². The molecule has 1 heterocycles. The van der Waals surface area contributed by atoms with Gasteiger partial charge in [0.2, 0.25) is 5.76 Å². The van der Waals surface area contributed by atoms with Crippen LogP contribution >= 0.6 is 11.6 Å². The van der Waals surface area contributed by atoms with Gasteiger partial charge in [-0.05, 0) is 48.6 Å². The first kappa shape index (κ1) is 26.7. The van der Waals surface area contributed by atoms with E-state index in [1.54, 1.807) is 24.3 Å². The molecule has 0 aliphatic rings. The van der Waals surface area contributed by atoms with Crippen LogP contribution in [0.25, 0.3) is 11.1 Å². The smallest absolute Gasteiger partial charge is 0.407 e. The number of aliphatic carboxylic acids is 1. The maximum absolute atomic E-state index is 14.2. The first-order valence-electron chi connectivity index (χ1n) is 11.1. The summed E-state index contributed by atoms with van der Waals surface area (Å²) in [6.07, 6.45) is -0.270. The largest absolute Gasteiger partial charge is 0.480 e. The van der Waals surface area contributed by atoms with Crippen molar-refractivity contribution in [2.45, 2.75) is 38.3 Å². The van der Waals surface area contributed by atoms with Crippen LogP contribution in [0, 0.1) is 5.82 Å². The number of halogens is 2. The molecule has 0 bridgehead atoms. The van der Waals surface area contributed by atoms with Gasteiger partial charge >= 0.3 is 12.1 Å². The van der Waals surface area contributed by atoms with Crippen molar-refractivity contribution in [3.63, 3.8) is 0 Å². The molecule has 1 aromatic heterocycles. The van der Waals surface area contributed by atoms with Gasteiger partial charge in [0.15, 0.2) is 0 Å². The summed E-state index contributed by atoms with van der Waals surface area (Å²) in [5, 5.41) is 18.8. The van der Waals surface area contributed by atoms with E-state index in [1.807, 2.05) is 6.92 Å². The number of carbonyl (C=O) groups excluding carboxylic acids is 2. The highest BCUT2D eigenvalue weighted by atomic mass is 35.5. The number of carboxylic acids is 1. The molecule has 0 aliphatic heterocycles. The molecule has 0 aliphatic carbocycles. The zero-order valence-electron chi connectivity index (χ0n) is 19.6. The summed E-state index contributed by atoms with van der Waals surface area (Å²) in [7, 11) is 1.12. The second kappa shape index (κ2) is 12.2. The number of nitrogens with zero attached hydrogens (tertiary/aromatic N) is 1. The zero-order valence-corrected chi connectivity index (χ0v) is 20.3. The van der Waals surface area contributed by atoms with Crippen molar-refractivity contribution in [1.29, 1.82) is 0 Å². The minimum absolute atomic E-state index is 0.0172. The van der Waals surface area contributed by atoms with Gasteiger partial charge in [-0.3, -0.25) is 4.79 Å². The number of alkyl carbamates (subject to hydrolysis) is 1. The molecular formula is C25H25ClFN3O6. The Bertz CT molecular complexity index is 1230. The van der Waals surface area contributed by atoms with E-state index in [0.29, 0.717) is 28.3 Å². The first-order valence-corrected chi connectivity index (χ1v) is 11.5.